The number of hydrogen-bond donors (Lipinski definition) is 0. The molecule has 0 aromatic carbocycles. The molecule has 1 saturated heterocycles. The van der Waals surface area contributed by atoms with Crippen molar-refractivity contribution in [1.82, 2.24) is 24.8 Å². The number of nitrogens with zero attached hydrogens (tertiary/aromatic N) is 5. The molecule has 1 amide bonds. The average Bonchev–Trinajstić information content (AvgIpc) is 3.19. The molecule has 0 radical (unpaired) electrons. The van der Waals surface area contributed by atoms with Crippen molar-refractivity contribution in [2.75, 3.05) is 33.8 Å². The van der Waals surface area contributed by atoms with Gasteiger partial charge < -0.3 is 14.5 Å². The molecule has 29 heavy (non-hydrogen) atoms. The summed E-state index contributed by atoms with van der Waals surface area (Å²) in [5.74, 6) is 2.60. The van der Waals surface area contributed by atoms with E-state index in [4.69, 9.17) is 4.74 Å². The number of carbonyl (C=O) groups excluding carboxylic acids is 1. The predicted octanol–water partition coefficient (Wildman–Crippen LogP) is 2.34. The fraction of sp³-hybridized carbons (Fsp3) is 0.864. The van der Waals surface area contributed by atoms with Crippen molar-refractivity contribution in [2.24, 2.45) is 23.7 Å². The molecule has 3 aliphatic carbocycles. The third kappa shape index (κ3) is 4.22. The number of amides is 1. The van der Waals surface area contributed by atoms with Gasteiger partial charge in [0, 0.05) is 32.2 Å². The molecule has 1 aliphatic heterocycles. The number of ether oxygens (including phenoxy) is 1. The minimum Gasteiger partial charge on any atom is -0.376 e. The highest BCUT2D eigenvalue weighted by Gasteiger charge is 2.46. The van der Waals surface area contributed by atoms with E-state index >= 15 is 0 Å². The Kier molecular flexibility index (Phi) is 5.37. The van der Waals surface area contributed by atoms with Crippen LogP contribution in [0.15, 0.2) is 6.20 Å². The van der Waals surface area contributed by atoms with Crippen LogP contribution in [0.4, 0.5) is 0 Å². The summed E-state index contributed by atoms with van der Waals surface area (Å²) in [6.45, 7) is 3.53. The molecule has 1 aromatic rings. The van der Waals surface area contributed by atoms with Crippen LogP contribution in [0.3, 0.4) is 0 Å². The molecule has 5 rings (SSSR count). The number of rotatable bonds is 7. The zero-order valence-corrected chi connectivity index (χ0v) is 17.9. The summed E-state index contributed by atoms with van der Waals surface area (Å²) < 4.78 is 8.50. The molecule has 0 spiro atoms. The van der Waals surface area contributed by atoms with E-state index in [0.29, 0.717) is 23.7 Å². The van der Waals surface area contributed by atoms with Crippen LogP contribution in [-0.4, -0.2) is 70.6 Å². The molecular formula is C22H35N5O2. The van der Waals surface area contributed by atoms with Crippen LogP contribution in [-0.2, 0) is 16.1 Å². The van der Waals surface area contributed by atoms with Gasteiger partial charge in [0.05, 0.1) is 24.0 Å². The summed E-state index contributed by atoms with van der Waals surface area (Å²) >= 11 is 0. The smallest absolute Gasteiger partial charge is 0.225 e. The fourth-order valence-electron chi connectivity index (χ4n) is 5.36. The quantitative estimate of drug-likeness (QED) is 0.702. The third-order valence-corrected chi connectivity index (χ3v) is 7.47. The molecule has 0 bridgehead atoms. The van der Waals surface area contributed by atoms with Gasteiger partial charge in [-0.25, -0.2) is 4.68 Å². The van der Waals surface area contributed by atoms with Gasteiger partial charge in [-0.3, -0.25) is 4.79 Å². The second kappa shape index (κ2) is 7.99. The van der Waals surface area contributed by atoms with E-state index in [0.717, 1.165) is 63.5 Å². The summed E-state index contributed by atoms with van der Waals surface area (Å²) in [4.78, 5) is 17.1. The van der Waals surface area contributed by atoms with Gasteiger partial charge in [0.25, 0.3) is 0 Å². The second-order valence-corrected chi connectivity index (χ2v) is 10.2. The topological polar surface area (TPSA) is 63.5 Å². The zero-order chi connectivity index (χ0) is 20.0. The fourth-order valence-corrected chi connectivity index (χ4v) is 5.36. The molecule has 0 unspecified atom stereocenters. The van der Waals surface area contributed by atoms with Crippen molar-refractivity contribution < 1.29 is 9.53 Å². The van der Waals surface area contributed by atoms with E-state index in [2.05, 4.69) is 45.1 Å². The summed E-state index contributed by atoms with van der Waals surface area (Å²) in [5, 5.41) is 8.88. The Labute approximate surface area is 173 Å². The van der Waals surface area contributed by atoms with Gasteiger partial charge in [-0.15, -0.1) is 5.10 Å². The normalized spacial score (nSPS) is 32.4. The largest absolute Gasteiger partial charge is 0.376 e. The van der Waals surface area contributed by atoms with Gasteiger partial charge in [0.2, 0.25) is 5.91 Å². The van der Waals surface area contributed by atoms with Crippen LogP contribution in [0.1, 0.15) is 56.7 Å². The molecule has 4 atom stereocenters. The molecule has 7 heteroatoms. The first kappa shape index (κ1) is 19.5. The molecule has 4 fully saturated rings. The average molecular weight is 402 g/mol. The lowest BCUT2D eigenvalue weighted by molar-refractivity contribution is -0.137. The molecule has 160 valence electrons. The van der Waals surface area contributed by atoms with Gasteiger partial charge >= 0.3 is 0 Å². The summed E-state index contributed by atoms with van der Waals surface area (Å²) in [7, 11) is 4.11. The molecule has 1 aromatic heterocycles. The summed E-state index contributed by atoms with van der Waals surface area (Å²) in [5.41, 5.74) is 1.01. The first-order valence-corrected chi connectivity index (χ1v) is 11.5. The van der Waals surface area contributed by atoms with Crippen LogP contribution in [0.25, 0.3) is 0 Å². The Morgan fingerprint density at radius 1 is 1.17 bits per heavy atom. The third-order valence-electron chi connectivity index (χ3n) is 7.47. The van der Waals surface area contributed by atoms with E-state index in [-0.39, 0.29) is 12.1 Å². The minimum absolute atomic E-state index is 0.185. The van der Waals surface area contributed by atoms with Gasteiger partial charge in [0.1, 0.15) is 0 Å². The predicted molar refractivity (Wildman–Crippen MR) is 109 cm³/mol. The molecular weight excluding hydrogens is 366 g/mol. The standard InChI is InChI=1S/C22H35N5O2/c1-25(2)12-19-13-27(24-23-19)20-8-17-10-26(22(28)16-4-3-5-16)11-18(17)9-21(20)29-14-15-6-7-15/h13,15-18,20-21H,3-12,14H2,1-2H3/t17-,18+,20-,21-/m1/s1. The lowest BCUT2D eigenvalue weighted by Gasteiger charge is -2.37. The summed E-state index contributed by atoms with van der Waals surface area (Å²) in [6.07, 6.45) is 10.4. The van der Waals surface area contributed by atoms with E-state index in [1.165, 1.54) is 19.3 Å². The van der Waals surface area contributed by atoms with Gasteiger partial charge in [-0.05, 0) is 70.4 Å². The highest BCUT2D eigenvalue weighted by Crippen LogP contribution is 2.44. The van der Waals surface area contributed by atoms with E-state index in [1.807, 2.05) is 0 Å². The zero-order valence-electron chi connectivity index (χ0n) is 17.9. The maximum Gasteiger partial charge on any atom is 0.225 e. The van der Waals surface area contributed by atoms with Crippen LogP contribution in [0.5, 0.6) is 0 Å². The number of aromatic nitrogens is 3. The Morgan fingerprint density at radius 2 is 1.93 bits per heavy atom. The first-order chi connectivity index (χ1) is 14.1. The minimum atomic E-state index is 0.185. The van der Waals surface area contributed by atoms with Crippen molar-refractivity contribution in [3.8, 4) is 0 Å². The van der Waals surface area contributed by atoms with E-state index in [9.17, 15) is 4.79 Å². The molecule has 7 nitrogen and oxygen atoms in total. The Morgan fingerprint density at radius 3 is 2.59 bits per heavy atom. The van der Waals surface area contributed by atoms with Crippen molar-refractivity contribution >= 4 is 5.91 Å². The van der Waals surface area contributed by atoms with Crippen molar-refractivity contribution in [1.29, 1.82) is 0 Å². The number of hydrogen-bond acceptors (Lipinski definition) is 5. The second-order valence-electron chi connectivity index (χ2n) is 10.2. The molecule has 0 N–H and O–H groups in total. The van der Waals surface area contributed by atoms with Gasteiger partial charge in [-0.1, -0.05) is 11.6 Å². The summed E-state index contributed by atoms with van der Waals surface area (Å²) in [6, 6.07) is 0.233. The van der Waals surface area contributed by atoms with Gasteiger partial charge in [-0.2, -0.15) is 0 Å². The van der Waals surface area contributed by atoms with Crippen LogP contribution < -0.4 is 0 Å². The molecule has 3 saturated carbocycles. The van der Waals surface area contributed by atoms with Crippen LogP contribution in [0, 0.1) is 23.7 Å². The van der Waals surface area contributed by atoms with E-state index in [1.54, 1.807) is 0 Å². The number of fused-ring (bicyclic) bond motifs is 1. The van der Waals surface area contributed by atoms with Crippen molar-refractivity contribution in [3.63, 3.8) is 0 Å². The molecule has 4 aliphatic rings. The Hall–Kier alpha value is -1.47. The maximum atomic E-state index is 12.8. The first-order valence-electron chi connectivity index (χ1n) is 11.5. The lowest BCUT2D eigenvalue weighted by atomic mass is 9.77. The lowest BCUT2D eigenvalue weighted by Crippen LogP contribution is -2.38. The molecule has 2 heterocycles. The SMILES string of the molecule is CN(C)Cc1cn([C@@H]2C[C@@H]3CN(C(=O)C4CCC4)C[C@@H]3C[C@H]2OCC2CC2)nn1. The van der Waals surface area contributed by atoms with Gasteiger partial charge in [0.15, 0.2) is 0 Å². The van der Waals surface area contributed by atoms with Crippen LogP contribution in [0.2, 0.25) is 0 Å². The highest BCUT2D eigenvalue weighted by atomic mass is 16.5. The van der Waals surface area contributed by atoms with Crippen molar-refractivity contribution in [3.05, 3.63) is 11.9 Å². The maximum absolute atomic E-state index is 12.8. The monoisotopic (exact) mass is 401 g/mol. The van der Waals surface area contributed by atoms with Crippen LogP contribution >= 0.6 is 0 Å². The Balaban J connectivity index is 1.29. The number of likely N-dealkylation sites (tertiary alicyclic amines) is 1. The number of carbonyl (C=O) groups is 1. The highest BCUT2D eigenvalue weighted by molar-refractivity contribution is 5.79. The Bertz CT molecular complexity index is 727. The van der Waals surface area contributed by atoms with E-state index < -0.39 is 0 Å². The van der Waals surface area contributed by atoms with Crippen molar-refractivity contribution in [2.45, 2.75) is 63.6 Å².